The van der Waals surface area contributed by atoms with Gasteiger partial charge in [-0.3, -0.25) is 19.2 Å². The van der Waals surface area contributed by atoms with Gasteiger partial charge in [-0.05, 0) is 243 Å². The van der Waals surface area contributed by atoms with Crippen LogP contribution in [-0.4, -0.2) is 23.9 Å². The minimum Gasteiger partial charge on any atom is -0.426 e. The number of hydrogen-bond donors (Lipinski definition) is 0. The van der Waals surface area contributed by atoms with Crippen LogP contribution in [0.1, 0.15) is 163 Å². The van der Waals surface area contributed by atoms with E-state index in [1.165, 1.54) is 99.7 Å². The smallest absolute Gasteiger partial charge is 0.314 e. The van der Waals surface area contributed by atoms with Crippen molar-refractivity contribution in [2.45, 2.75) is 150 Å². The highest BCUT2D eigenvalue weighted by molar-refractivity contribution is 5.79. The van der Waals surface area contributed by atoms with Crippen molar-refractivity contribution < 1.29 is 38.1 Å². The Labute approximate surface area is 504 Å². The number of ether oxygens (including phenoxy) is 4. The second-order valence-electron chi connectivity index (χ2n) is 24.3. The molecule has 0 aromatic heterocycles. The molecule has 0 amide bonds. The summed E-state index contributed by atoms with van der Waals surface area (Å²) >= 11 is 0. The van der Waals surface area contributed by atoms with Crippen molar-refractivity contribution in [3.8, 4) is 23.0 Å². The Morgan fingerprint density at radius 2 is 0.576 bits per heavy atom. The van der Waals surface area contributed by atoms with Gasteiger partial charge in [0.25, 0.3) is 0 Å². The lowest BCUT2D eigenvalue weighted by molar-refractivity contribution is -0.145. The predicted molar refractivity (Wildman–Crippen MR) is 341 cm³/mol. The molecule has 2 saturated carbocycles. The van der Waals surface area contributed by atoms with Crippen molar-refractivity contribution in [3.63, 3.8) is 0 Å². The van der Waals surface area contributed by atoms with Gasteiger partial charge in [-0.1, -0.05) is 155 Å². The average Bonchev–Trinajstić information content (AvgIpc) is 3.62. The monoisotopic (exact) mass is 1140 g/mol. The van der Waals surface area contributed by atoms with Gasteiger partial charge in [0.05, 0.1) is 23.7 Å². The molecule has 7 aromatic rings. The minimum atomic E-state index is -0.335. The van der Waals surface area contributed by atoms with Gasteiger partial charge >= 0.3 is 23.9 Å². The summed E-state index contributed by atoms with van der Waals surface area (Å²) in [5.74, 6) is 0.917. The predicted octanol–water partition coefficient (Wildman–Crippen LogP) is 18.6. The van der Waals surface area contributed by atoms with Crippen molar-refractivity contribution in [1.29, 1.82) is 0 Å². The lowest BCUT2D eigenvalue weighted by Gasteiger charge is -2.26. The molecule has 4 aliphatic rings. The summed E-state index contributed by atoms with van der Waals surface area (Å²) in [4.78, 5) is 50.6. The van der Waals surface area contributed by atoms with Crippen molar-refractivity contribution in [1.82, 2.24) is 0 Å². The van der Waals surface area contributed by atoms with Crippen LogP contribution in [0.4, 0.5) is 0 Å². The van der Waals surface area contributed by atoms with Crippen LogP contribution < -0.4 is 18.9 Å². The average molecular weight is 1140 g/mol. The molecule has 0 bridgehead atoms. The van der Waals surface area contributed by atoms with E-state index in [1.54, 1.807) is 48.5 Å². The number of allylic oxidation sites excluding steroid dienone is 4. The highest BCUT2D eigenvalue weighted by atomic mass is 16.5. The molecule has 2 atom stereocenters. The molecule has 0 aliphatic heterocycles. The summed E-state index contributed by atoms with van der Waals surface area (Å²) in [6.07, 6.45) is 16.6. The van der Waals surface area contributed by atoms with Gasteiger partial charge in [0.2, 0.25) is 0 Å². The minimum absolute atomic E-state index is 0.239. The Bertz CT molecular complexity index is 3300. The molecule has 0 saturated heterocycles. The molecule has 0 radical (unpaired) electrons. The van der Waals surface area contributed by atoms with Crippen molar-refractivity contribution in [2.75, 3.05) is 0 Å². The fourth-order valence-corrected chi connectivity index (χ4v) is 11.9. The Kier molecular flexibility index (Phi) is 21.4. The van der Waals surface area contributed by atoms with Crippen LogP contribution in [0.2, 0.25) is 0 Å². The van der Waals surface area contributed by atoms with E-state index >= 15 is 0 Å². The number of hydrogen-bond acceptors (Lipinski definition) is 8. The number of carbonyl (C=O) groups is 4. The van der Waals surface area contributed by atoms with E-state index in [4.69, 9.17) is 18.9 Å². The standard InChI is InChI=1S/C36H38O8.C21H24.C20H22/c1-23-3-15-29(16-4-23)41-33(37)25-7-11-27(12-8-25)35(39)43-31-19-21-32(22-20-31)44-36(40)28-13-9-26(10-14-28)34(38)42-30-17-5-24(2)6-18-30;1-15-4-7-18(8-5-15)19-10-12-20(13-11-19)21-9-6-16(2)17(3)14-21;1-15-3-7-17(8-4-15)19-11-13-20(14-12-19)18-9-5-16(2)6-10-18/h3-6,15-22,25-28H,7-14H2,1-2H3;4-9,12,14,19H,10-11,13H2,1-3H3;3-11,20H,12-14H2,1-2H3. The van der Waals surface area contributed by atoms with Gasteiger partial charge in [-0.15, -0.1) is 0 Å². The Hall–Kier alpha value is -8.10. The molecule has 11 rings (SSSR count). The lowest BCUT2D eigenvalue weighted by atomic mass is 9.82. The Balaban J connectivity index is 0.000000174. The van der Waals surface area contributed by atoms with Gasteiger partial charge < -0.3 is 18.9 Å². The quantitative estimate of drug-likeness (QED) is 0.0880. The molecule has 2 unspecified atom stereocenters. The number of aryl methyl sites for hydroxylation is 7. The lowest BCUT2D eigenvalue weighted by Crippen LogP contribution is -2.30. The van der Waals surface area contributed by atoms with E-state index in [9.17, 15) is 19.2 Å². The summed E-state index contributed by atoms with van der Waals surface area (Å²) < 4.78 is 22.2. The van der Waals surface area contributed by atoms with Crippen LogP contribution in [0.15, 0.2) is 176 Å². The third-order valence-corrected chi connectivity index (χ3v) is 17.7. The van der Waals surface area contributed by atoms with Crippen LogP contribution >= 0.6 is 0 Å². The van der Waals surface area contributed by atoms with Gasteiger partial charge in [-0.25, -0.2) is 0 Å². The molecule has 0 heterocycles. The summed E-state index contributed by atoms with van der Waals surface area (Å²) in [5, 5.41) is 0. The normalized spacial score (nSPS) is 20.1. The molecule has 8 nitrogen and oxygen atoms in total. The number of benzene rings is 7. The summed E-state index contributed by atoms with van der Waals surface area (Å²) in [6, 6.07) is 55.0. The maximum atomic E-state index is 12.8. The first-order valence-corrected chi connectivity index (χ1v) is 30.8. The van der Waals surface area contributed by atoms with E-state index in [0.29, 0.717) is 86.2 Å². The topological polar surface area (TPSA) is 105 Å². The van der Waals surface area contributed by atoms with Gasteiger partial charge in [0.15, 0.2) is 0 Å². The molecule has 0 spiro atoms. The van der Waals surface area contributed by atoms with Gasteiger partial charge in [0.1, 0.15) is 23.0 Å². The van der Waals surface area contributed by atoms with Gasteiger partial charge in [-0.2, -0.15) is 0 Å². The Morgan fingerprint density at radius 1 is 0.306 bits per heavy atom. The van der Waals surface area contributed by atoms with Crippen molar-refractivity contribution in [3.05, 3.63) is 237 Å². The largest absolute Gasteiger partial charge is 0.426 e. The van der Waals surface area contributed by atoms with E-state index in [-0.39, 0.29) is 47.5 Å². The molecule has 7 aromatic carbocycles. The third kappa shape index (κ3) is 17.7. The summed E-state index contributed by atoms with van der Waals surface area (Å²) in [5.41, 5.74) is 17.9. The highest BCUT2D eigenvalue weighted by Gasteiger charge is 2.34. The molecule has 85 heavy (non-hydrogen) atoms. The first-order chi connectivity index (χ1) is 41.1. The zero-order chi connectivity index (χ0) is 59.8. The summed E-state index contributed by atoms with van der Waals surface area (Å²) in [6.45, 7) is 14.8. The zero-order valence-corrected chi connectivity index (χ0v) is 50.9. The Morgan fingerprint density at radius 3 is 0.871 bits per heavy atom. The molecule has 2 fully saturated rings. The van der Waals surface area contributed by atoms with Gasteiger partial charge in [0, 0.05) is 0 Å². The number of rotatable bonds is 12. The summed E-state index contributed by atoms with van der Waals surface area (Å²) in [7, 11) is 0. The molecule has 4 aliphatic carbocycles. The molecular weight excluding hydrogens is 1050 g/mol. The van der Waals surface area contributed by atoms with Crippen LogP contribution in [-0.2, 0) is 19.2 Å². The maximum Gasteiger partial charge on any atom is 0.314 e. The molecule has 440 valence electrons. The highest BCUT2D eigenvalue weighted by Crippen LogP contribution is 2.39. The van der Waals surface area contributed by atoms with Crippen LogP contribution in [0.5, 0.6) is 23.0 Å². The fraction of sp³-hybridized carbons (Fsp3) is 0.351. The second-order valence-corrected chi connectivity index (χ2v) is 24.3. The van der Waals surface area contributed by atoms with Crippen LogP contribution in [0, 0.1) is 72.1 Å². The van der Waals surface area contributed by atoms with Crippen LogP contribution in [0.3, 0.4) is 0 Å². The van der Waals surface area contributed by atoms with Crippen molar-refractivity contribution in [2.24, 2.45) is 23.7 Å². The maximum absolute atomic E-state index is 12.8. The first-order valence-electron chi connectivity index (χ1n) is 30.8. The van der Waals surface area contributed by atoms with E-state index in [0.717, 1.165) is 11.1 Å². The molecule has 8 heteroatoms. The number of esters is 4. The third-order valence-electron chi connectivity index (χ3n) is 17.7. The van der Waals surface area contributed by atoms with E-state index in [2.05, 4.69) is 138 Å². The number of carbonyl (C=O) groups excluding carboxylic acids is 4. The molecule has 0 N–H and O–H groups in total. The van der Waals surface area contributed by atoms with Crippen molar-refractivity contribution >= 4 is 35.0 Å². The SMILES string of the molecule is Cc1ccc(C2=CCC(c3ccc(C)cc3)CC2)cc1.Cc1ccc(C2CC=C(c3ccc(C)c(C)c3)CC2)cc1.Cc1ccc(OC(=O)C2CCC(C(=O)Oc3ccc(OC(=O)C4CCC(C(=O)Oc5ccc(C)cc5)CC4)cc3)CC2)cc1. The zero-order valence-electron chi connectivity index (χ0n) is 50.9. The molecular formula is C77H84O8. The van der Waals surface area contributed by atoms with E-state index in [1.807, 2.05) is 38.1 Å². The second kappa shape index (κ2) is 29.6. The van der Waals surface area contributed by atoms with Crippen LogP contribution in [0.25, 0.3) is 11.1 Å². The van der Waals surface area contributed by atoms with E-state index < -0.39 is 0 Å². The fourth-order valence-electron chi connectivity index (χ4n) is 11.9. The first kappa shape index (κ1) is 61.5.